The van der Waals surface area contributed by atoms with E-state index in [9.17, 15) is 10.2 Å². The quantitative estimate of drug-likeness (QED) is 0.0611. The van der Waals surface area contributed by atoms with Crippen LogP contribution < -0.4 is 0 Å². The third kappa shape index (κ3) is 13.3. The zero-order valence-electron chi connectivity index (χ0n) is 59.1. The van der Waals surface area contributed by atoms with Gasteiger partial charge in [-0.05, 0) is 185 Å². The van der Waals surface area contributed by atoms with Gasteiger partial charge in [0.1, 0.15) is 36.3 Å². The molecular formula is C84H102F2N2O4. The summed E-state index contributed by atoms with van der Waals surface area (Å²) >= 11 is 0. The van der Waals surface area contributed by atoms with Crippen LogP contribution in [0, 0.1) is 50.5 Å². The summed E-state index contributed by atoms with van der Waals surface area (Å²) in [4.78, 5) is 0. The molecule has 2 aromatic heterocycles. The number of nitrogens with zero attached hydrogens (tertiary/aromatic N) is 2. The lowest BCUT2D eigenvalue weighted by Crippen LogP contribution is -2.25. The fourth-order valence-corrected chi connectivity index (χ4v) is 14.7. The first-order valence-corrected chi connectivity index (χ1v) is 33.0. The molecule has 10 rings (SSSR count). The van der Waals surface area contributed by atoms with Gasteiger partial charge in [0.2, 0.25) is 11.5 Å². The number of halogens is 2. The molecule has 8 aromatic carbocycles. The lowest BCUT2D eigenvalue weighted by molar-refractivity contribution is 0.00483. The van der Waals surface area contributed by atoms with Gasteiger partial charge < -0.3 is 28.1 Å². The van der Waals surface area contributed by atoms with Gasteiger partial charge in [-0.1, -0.05) is 180 Å². The first-order chi connectivity index (χ1) is 42.5. The summed E-state index contributed by atoms with van der Waals surface area (Å²) in [6, 6.07) is 42.8. The second kappa shape index (κ2) is 23.8. The number of phenolic OH excluding ortho intramolecular Hbond substituents is 2. The SMILES string of the molecule is [CH2-][O+](CCCC[O+]([CH2-])c1c(C)cc(F)cc1-c1cc(C(C)(C)CC(C)(C)C)cc(-n2c3cc(C(C)(C)C)ccc3c3ccc(C(C)(C)C)cc32)c1O)c1ccc(F)cc1-c1cc(C(C)(C)CC(C)(C)C)cc(-n2c3cc(C)ccc3c3ccc(C(C)(C)C)cc32)c1O. The monoisotopic (exact) mass is 1240 g/mol. The van der Waals surface area contributed by atoms with E-state index in [-0.39, 0.29) is 49.4 Å². The maximum absolute atomic E-state index is 16.4. The lowest BCUT2D eigenvalue weighted by atomic mass is 9.71. The fraction of sp³-hybridized carbons (Fsp3) is 0.405. The van der Waals surface area contributed by atoms with Crippen molar-refractivity contribution < 1.29 is 27.7 Å². The highest BCUT2D eigenvalue weighted by Gasteiger charge is 2.35. The summed E-state index contributed by atoms with van der Waals surface area (Å²) in [7, 11) is 9.09. The first-order valence-electron chi connectivity index (χ1n) is 33.0. The Hall–Kier alpha value is -7.58. The Bertz CT molecular complexity index is 4410. The zero-order valence-corrected chi connectivity index (χ0v) is 59.1. The van der Waals surface area contributed by atoms with E-state index in [2.05, 4.69) is 262 Å². The summed E-state index contributed by atoms with van der Waals surface area (Å²) in [5.41, 5.74) is 13.3. The maximum atomic E-state index is 16.4. The van der Waals surface area contributed by atoms with Gasteiger partial charge in [-0.25, -0.2) is 8.78 Å². The number of phenols is 2. The second-order valence-corrected chi connectivity index (χ2v) is 33.5. The van der Waals surface area contributed by atoms with Crippen molar-refractivity contribution >= 4 is 43.6 Å². The first kappa shape index (κ1) is 67.3. The zero-order chi connectivity index (χ0) is 67.5. The van der Waals surface area contributed by atoms with Gasteiger partial charge in [-0.2, -0.15) is 0 Å². The minimum atomic E-state index is -0.434. The molecule has 0 aliphatic rings. The third-order valence-corrected chi connectivity index (χ3v) is 18.8. The van der Waals surface area contributed by atoms with Crippen LogP contribution in [-0.2, 0) is 35.8 Å². The molecule has 0 fully saturated rings. The predicted molar refractivity (Wildman–Crippen MR) is 386 cm³/mol. The highest BCUT2D eigenvalue weighted by atomic mass is 19.1. The van der Waals surface area contributed by atoms with Crippen LogP contribution in [0.15, 0.2) is 127 Å². The van der Waals surface area contributed by atoms with Crippen LogP contribution in [0.1, 0.15) is 196 Å². The third-order valence-electron chi connectivity index (χ3n) is 18.8. The van der Waals surface area contributed by atoms with Crippen molar-refractivity contribution in [3.05, 3.63) is 192 Å². The molecule has 0 aliphatic carbocycles. The molecule has 2 heterocycles. The van der Waals surface area contributed by atoms with E-state index in [1.807, 2.05) is 13.0 Å². The van der Waals surface area contributed by atoms with Gasteiger partial charge in [0.05, 0.1) is 44.6 Å². The molecule has 10 aromatic rings. The average Bonchev–Trinajstić information content (AvgIpc) is 1.52. The van der Waals surface area contributed by atoms with E-state index in [0.29, 0.717) is 76.7 Å². The molecule has 0 atom stereocenters. The standard InChI is InChI=1S/C84H102F2N2O4/c1-51-26-31-60-61-32-27-53(80(9,10)11)42-69(61)87(68(60)38-51)72-45-56(83(18,19)49-78(3,4)5)40-65(75(72)89)64-47-58(85)30-35-74(64)91(22)36-24-25-37-92(23)77-52(2)39-59(86)48-67(77)66-41-57(84(20,21)50-79(6,7)8)46-73(76(66)90)88-70-43-54(81(12,13)14)28-33-62(70)63-34-29-55(44-71(63)88)82(15,16)17/h26-35,38-48,89-90H,22-25,36-37,49-50H2,1-21H3. The highest BCUT2D eigenvalue weighted by Crippen LogP contribution is 2.52. The van der Waals surface area contributed by atoms with E-state index in [0.717, 1.165) is 73.1 Å². The number of hydrogen-bond donors (Lipinski definition) is 2. The van der Waals surface area contributed by atoms with Crippen LogP contribution in [0.2, 0.25) is 0 Å². The number of unbranched alkanes of at least 4 members (excludes halogenated alkanes) is 1. The van der Waals surface area contributed by atoms with E-state index in [1.54, 1.807) is 6.07 Å². The topological polar surface area (TPSA) is 55.7 Å². The summed E-state index contributed by atoms with van der Waals surface area (Å²) in [6.07, 6.45) is 2.91. The number of hydrogen-bond acceptors (Lipinski definition) is 2. The molecule has 486 valence electrons. The summed E-state index contributed by atoms with van der Waals surface area (Å²) in [6.45, 7) is 47.3. The van der Waals surface area contributed by atoms with Gasteiger partial charge >= 0.3 is 0 Å². The fourth-order valence-electron chi connectivity index (χ4n) is 14.7. The minimum absolute atomic E-state index is 0.0297. The minimum Gasteiger partial charge on any atom is -0.711 e. The Morgan fingerprint density at radius 2 is 0.772 bits per heavy atom. The van der Waals surface area contributed by atoms with Gasteiger partial charge in [0.15, 0.2) is 0 Å². The normalized spacial score (nSPS) is 13.2. The number of fused-ring (bicyclic) bond motifs is 6. The van der Waals surface area contributed by atoms with E-state index in [1.165, 1.54) is 41.0 Å². The van der Waals surface area contributed by atoms with Crippen molar-refractivity contribution in [1.29, 1.82) is 0 Å². The van der Waals surface area contributed by atoms with Crippen molar-refractivity contribution in [3.8, 4) is 56.6 Å². The number of benzene rings is 8. The van der Waals surface area contributed by atoms with Crippen LogP contribution in [-0.4, -0.2) is 32.6 Å². The van der Waals surface area contributed by atoms with Crippen LogP contribution in [0.3, 0.4) is 0 Å². The molecule has 0 unspecified atom stereocenters. The van der Waals surface area contributed by atoms with Crippen molar-refractivity contribution in [3.63, 3.8) is 0 Å². The Balaban J connectivity index is 1.04. The van der Waals surface area contributed by atoms with Crippen LogP contribution in [0.5, 0.6) is 23.0 Å². The van der Waals surface area contributed by atoms with E-state index < -0.39 is 11.6 Å². The Kier molecular flexibility index (Phi) is 17.4. The second-order valence-electron chi connectivity index (χ2n) is 33.5. The number of aryl methyl sites for hydroxylation is 2. The highest BCUT2D eigenvalue weighted by molar-refractivity contribution is 6.11. The average molecular weight is 1240 g/mol. The van der Waals surface area contributed by atoms with Crippen molar-refractivity contribution in [2.24, 2.45) is 10.8 Å². The van der Waals surface area contributed by atoms with Gasteiger partial charge in [0, 0.05) is 57.1 Å². The number of aromatic hydroxyl groups is 2. The van der Waals surface area contributed by atoms with Crippen molar-refractivity contribution in [1.82, 2.24) is 9.13 Å². The lowest BCUT2D eigenvalue weighted by Gasteiger charge is -2.35. The van der Waals surface area contributed by atoms with Crippen LogP contribution in [0.25, 0.3) is 77.2 Å². The molecular weight excluding hydrogens is 1140 g/mol. The van der Waals surface area contributed by atoms with Crippen LogP contribution >= 0.6 is 0 Å². The smallest absolute Gasteiger partial charge is 0.237 e. The molecule has 0 aliphatic heterocycles. The molecule has 2 N–H and O–H groups in total. The molecule has 0 bridgehead atoms. The van der Waals surface area contributed by atoms with Gasteiger partial charge in [0.25, 0.3) is 0 Å². The van der Waals surface area contributed by atoms with E-state index in [4.69, 9.17) is 0 Å². The van der Waals surface area contributed by atoms with E-state index >= 15 is 8.78 Å². The predicted octanol–water partition coefficient (Wildman–Crippen LogP) is 24.4. The summed E-state index contributed by atoms with van der Waals surface area (Å²) < 4.78 is 42.9. The molecule has 0 amide bonds. The molecule has 6 nitrogen and oxygen atoms in total. The van der Waals surface area contributed by atoms with Crippen molar-refractivity contribution in [2.75, 3.05) is 13.2 Å². The summed E-state index contributed by atoms with van der Waals surface area (Å²) in [5.74, 6) is 0.461. The van der Waals surface area contributed by atoms with Crippen LogP contribution in [0.4, 0.5) is 8.78 Å². The van der Waals surface area contributed by atoms with Crippen molar-refractivity contribution in [2.45, 2.75) is 198 Å². The largest absolute Gasteiger partial charge is 0.711 e. The summed E-state index contributed by atoms with van der Waals surface area (Å²) in [5, 5.41) is 30.7. The van der Waals surface area contributed by atoms with Gasteiger partial charge in [-0.3, -0.25) is 0 Å². The molecule has 8 heteroatoms. The Morgan fingerprint density at radius 1 is 0.391 bits per heavy atom. The van der Waals surface area contributed by atoms with Gasteiger partial charge in [-0.15, -0.1) is 0 Å². The molecule has 0 radical (unpaired) electrons. The molecule has 0 saturated heterocycles. The Morgan fingerprint density at radius 3 is 1.18 bits per heavy atom. The molecule has 0 saturated carbocycles. The number of aromatic nitrogens is 2. The number of rotatable bonds is 15. The maximum Gasteiger partial charge on any atom is 0.237 e. The molecule has 92 heavy (non-hydrogen) atoms. The molecule has 0 spiro atoms. The Labute approximate surface area is 548 Å².